The van der Waals surface area contributed by atoms with Crippen molar-refractivity contribution in [2.45, 2.75) is 12.1 Å². The van der Waals surface area contributed by atoms with E-state index in [4.69, 9.17) is 5.53 Å². The highest BCUT2D eigenvalue weighted by Gasteiger charge is 2.23. The van der Waals surface area contributed by atoms with Gasteiger partial charge in [-0.1, -0.05) is 10.3 Å². The normalized spacial score (nSPS) is 18.3. The predicted molar refractivity (Wildman–Crippen MR) is 71.2 cm³/mol. The van der Waals surface area contributed by atoms with Gasteiger partial charge in [0.15, 0.2) is 0 Å². The van der Waals surface area contributed by atoms with Crippen LogP contribution in [0.15, 0.2) is 39.7 Å². The van der Waals surface area contributed by atoms with E-state index in [1.165, 1.54) is 17.1 Å². The van der Waals surface area contributed by atoms with Crippen LogP contribution in [0.4, 0.5) is 10.1 Å². The van der Waals surface area contributed by atoms with E-state index in [9.17, 15) is 14.5 Å². The molecule has 0 saturated heterocycles. The Hall–Kier alpha value is -2.74. The van der Waals surface area contributed by atoms with Crippen LogP contribution in [-0.4, -0.2) is 35.7 Å². The zero-order chi connectivity index (χ0) is 15.2. The molecule has 21 heavy (non-hydrogen) atoms. The molecule has 0 aromatic heterocycles. The van der Waals surface area contributed by atoms with Crippen molar-refractivity contribution in [1.82, 2.24) is 5.01 Å². The second-order valence-corrected chi connectivity index (χ2v) is 4.45. The smallest absolute Gasteiger partial charge is 0.269 e. The highest BCUT2D eigenvalue weighted by molar-refractivity contribution is 5.34. The van der Waals surface area contributed by atoms with Crippen LogP contribution in [0.3, 0.4) is 0 Å². The van der Waals surface area contributed by atoms with Gasteiger partial charge in [-0.05, 0) is 23.2 Å². The van der Waals surface area contributed by atoms with Crippen LogP contribution < -0.4 is 0 Å². The van der Waals surface area contributed by atoms with E-state index >= 15 is 0 Å². The summed E-state index contributed by atoms with van der Waals surface area (Å²) in [6.45, 7) is -0.207. The Morgan fingerprint density at radius 2 is 2.29 bits per heavy atom. The Balaban J connectivity index is 1.97. The van der Waals surface area contributed by atoms with Crippen LogP contribution in [0.1, 0.15) is 11.6 Å². The van der Waals surface area contributed by atoms with Crippen molar-refractivity contribution in [3.63, 3.8) is 0 Å². The number of hydrogen-bond donors (Lipinski definition) is 0. The van der Waals surface area contributed by atoms with E-state index in [2.05, 4.69) is 20.4 Å². The lowest BCUT2D eigenvalue weighted by molar-refractivity contribution is -0.384. The first kappa shape index (κ1) is 14.7. The van der Waals surface area contributed by atoms with Crippen molar-refractivity contribution in [3.8, 4) is 0 Å². The largest absolute Gasteiger partial charge is 0.276 e. The summed E-state index contributed by atoms with van der Waals surface area (Å²) in [5.74, 6) is 0. The third-order valence-electron chi connectivity index (χ3n) is 3.00. The van der Waals surface area contributed by atoms with Crippen molar-refractivity contribution < 1.29 is 9.31 Å². The Morgan fingerprint density at radius 3 is 2.86 bits per heavy atom. The molecule has 0 amide bonds. The van der Waals surface area contributed by atoms with Crippen LogP contribution in [0.5, 0.6) is 0 Å². The number of alkyl halides is 1. The number of nitro benzene ring substituents is 1. The molecule has 1 heterocycles. The lowest BCUT2D eigenvalue weighted by Gasteiger charge is -2.16. The van der Waals surface area contributed by atoms with E-state index in [1.807, 2.05) is 0 Å². The molecular formula is C11H12FN7O2. The fourth-order valence-electron chi connectivity index (χ4n) is 1.94. The fourth-order valence-corrected chi connectivity index (χ4v) is 1.94. The number of benzene rings is 1. The Morgan fingerprint density at radius 1 is 1.57 bits per heavy atom. The molecular weight excluding hydrogens is 281 g/mol. The second-order valence-electron chi connectivity index (χ2n) is 4.45. The molecule has 1 aromatic rings. The quantitative estimate of drug-likeness (QED) is 0.263. The molecule has 0 bridgehead atoms. The molecule has 2 atom stereocenters. The molecule has 0 aliphatic carbocycles. The van der Waals surface area contributed by atoms with Gasteiger partial charge in [-0.2, -0.15) is 5.11 Å². The molecule has 9 nitrogen and oxygen atoms in total. The fraction of sp³-hybridized carbons (Fsp3) is 0.455. The van der Waals surface area contributed by atoms with Gasteiger partial charge >= 0.3 is 0 Å². The van der Waals surface area contributed by atoms with Gasteiger partial charge in [0.2, 0.25) is 0 Å². The molecule has 0 fully saturated rings. The highest BCUT2D eigenvalue weighted by atomic mass is 19.1. The first-order valence-electron chi connectivity index (χ1n) is 6.14. The maximum Gasteiger partial charge on any atom is 0.269 e. The summed E-state index contributed by atoms with van der Waals surface area (Å²) in [4.78, 5) is 12.7. The number of halogens is 1. The summed E-state index contributed by atoms with van der Waals surface area (Å²) in [5.41, 5.74) is 9.10. The average Bonchev–Trinajstić information content (AvgIpc) is 2.95. The number of nitro groups is 1. The van der Waals surface area contributed by atoms with Gasteiger partial charge in [0.1, 0.15) is 6.04 Å². The topological polar surface area (TPSA) is 120 Å². The van der Waals surface area contributed by atoms with E-state index < -0.39 is 17.6 Å². The predicted octanol–water partition coefficient (Wildman–Crippen LogP) is 2.97. The van der Waals surface area contributed by atoms with Gasteiger partial charge in [-0.15, -0.1) is 0 Å². The maximum atomic E-state index is 12.6. The summed E-state index contributed by atoms with van der Waals surface area (Å²) in [5, 5.41) is 23.4. The van der Waals surface area contributed by atoms with Gasteiger partial charge in [0.05, 0.1) is 24.2 Å². The van der Waals surface area contributed by atoms with Crippen molar-refractivity contribution >= 4 is 5.69 Å². The molecule has 2 unspecified atom stereocenters. The molecule has 1 aliphatic rings. The molecule has 1 aromatic carbocycles. The third kappa shape index (κ3) is 3.63. The Labute approximate surface area is 118 Å². The van der Waals surface area contributed by atoms with Gasteiger partial charge < -0.3 is 0 Å². The zero-order valence-corrected chi connectivity index (χ0v) is 10.9. The summed E-state index contributed by atoms with van der Waals surface area (Å²) >= 11 is 0. The van der Waals surface area contributed by atoms with Crippen LogP contribution in [0.25, 0.3) is 10.4 Å². The number of azide groups is 1. The van der Waals surface area contributed by atoms with Gasteiger partial charge in [-0.3, -0.25) is 19.5 Å². The number of hydrogen-bond acceptors (Lipinski definition) is 6. The van der Waals surface area contributed by atoms with Crippen LogP contribution in [0, 0.1) is 10.1 Å². The number of non-ortho nitro benzene ring substituents is 1. The van der Waals surface area contributed by atoms with Gasteiger partial charge in [0.25, 0.3) is 5.69 Å². The van der Waals surface area contributed by atoms with Crippen LogP contribution >= 0.6 is 0 Å². The monoisotopic (exact) mass is 293 g/mol. The highest BCUT2D eigenvalue weighted by Crippen LogP contribution is 2.26. The molecule has 10 heteroatoms. The minimum atomic E-state index is -0.801. The van der Waals surface area contributed by atoms with Crippen LogP contribution in [0.2, 0.25) is 0 Å². The molecule has 0 saturated carbocycles. The second kappa shape index (κ2) is 6.62. The summed E-state index contributed by atoms with van der Waals surface area (Å²) in [6, 6.07) is 4.97. The Kier molecular flexibility index (Phi) is 4.62. The van der Waals surface area contributed by atoms with E-state index in [0.29, 0.717) is 6.54 Å². The Bertz CT molecular complexity index is 585. The molecule has 110 valence electrons. The molecule has 0 spiro atoms. The standard InChI is InChI=1S/C11H12FN7O2/c12-5-9(14-16-13)6-18-7-11(15-17-18)8-1-3-10(4-2-8)19(20)21/h1-4,9,11H,5-7H2. The minimum absolute atomic E-state index is 0.00592. The summed E-state index contributed by atoms with van der Waals surface area (Å²) in [6.07, 6.45) is 0. The van der Waals surface area contributed by atoms with Crippen LogP contribution in [-0.2, 0) is 0 Å². The zero-order valence-electron chi connectivity index (χ0n) is 10.9. The first-order chi connectivity index (χ1) is 10.1. The van der Waals surface area contributed by atoms with E-state index in [0.717, 1.165) is 5.56 Å². The van der Waals surface area contributed by atoms with Crippen molar-refractivity contribution in [1.29, 1.82) is 0 Å². The van der Waals surface area contributed by atoms with Crippen molar-refractivity contribution in [3.05, 3.63) is 50.4 Å². The average molecular weight is 293 g/mol. The summed E-state index contributed by atoms with van der Waals surface area (Å²) < 4.78 is 12.6. The SMILES string of the molecule is [N-]=[N+]=NC(CF)CN1CC(c2ccc([N+](=O)[O-])cc2)N=N1. The van der Waals surface area contributed by atoms with E-state index in [-0.39, 0.29) is 18.3 Å². The molecule has 2 rings (SSSR count). The number of rotatable bonds is 6. The van der Waals surface area contributed by atoms with Crippen molar-refractivity contribution in [2.24, 2.45) is 15.5 Å². The van der Waals surface area contributed by atoms with Gasteiger partial charge in [0, 0.05) is 23.6 Å². The lowest BCUT2D eigenvalue weighted by atomic mass is 10.1. The van der Waals surface area contributed by atoms with Crippen molar-refractivity contribution in [2.75, 3.05) is 19.8 Å². The minimum Gasteiger partial charge on any atom is -0.276 e. The lowest BCUT2D eigenvalue weighted by Crippen LogP contribution is -2.28. The molecule has 1 aliphatic heterocycles. The van der Waals surface area contributed by atoms with E-state index in [1.54, 1.807) is 12.1 Å². The molecule has 0 N–H and O–H groups in total. The third-order valence-corrected chi connectivity index (χ3v) is 3.00. The molecule has 0 radical (unpaired) electrons. The maximum absolute atomic E-state index is 12.6. The number of nitrogens with zero attached hydrogens (tertiary/aromatic N) is 7. The summed E-state index contributed by atoms with van der Waals surface area (Å²) in [7, 11) is 0. The van der Waals surface area contributed by atoms with Gasteiger partial charge in [-0.25, -0.2) is 0 Å². The first-order valence-corrected chi connectivity index (χ1v) is 6.14.